The van der Waals surface area contributed by atoms with Gasteiger partial charge >= 0.3 is 0 Å². The van der Waals surface area contributed by atoms with Gasteiger partial charge in [-0.3, -0.25) is 4.98 Å². The monoisotopic (exact) mass is 173 g/mol. The van der Waals surface area contributed by atoms with E-state index < -0.39 is 0 Å². The molecule has 1 aliphatic heterocycles. The van der Waals surface area contributed by atoms with E-state index in [-0.39, 0.29) is 5.41 Å². The van der Waals surface area contributed by atoms with Crippen LogP contribution in [0.15, 0.2) is 23.5 Å². The van der Waals surface area contributed by atoms with Gasteiger partial charge in [0.2, 0.25) is 0 Å². The molecule has 1 aliphatic rings. The molecule has 2 rings (SSSR count). The zero-order chi connectivity index (χ0) is 9.31. The Kier molecular flexibility index (Phi) is 1.72. The smallest absolute Gasteiger partial charge is 0.177 e. The first kappa shape index (κ1) is 8.10. The Balaban J connectivity index is 2.53. The number of hydrogen-bond acceptors (Lipinski definition) is 3. The van der Waals surface area contributed by atoms with Gasteiger partial charge in [-0.25, -0.2) is 9.98 Å². The lowest BCUT2D eigenvalue weighted by Gasteiger charge is -2.10. The Labute approximate surface area is 77.3 Å². The van der Waals surface area contributed by atoms with Gasteiger partial charge in [-0.15, -0.1) is 0 Å². The third-order valence-corrected chi connectivity index (χ3v) is 1.90. The number of nitrogens with zero attached hydrogens (tertiary/aromatic N) is 3. The van der Waals surface area contributed by atoms with Crippen molar-refractivity contribution < 1.29 is 0 Å². The van der Waals surface area contributed by atoms with Crippen molar-refractivity contribution in [3.63, 3.8) is 0 Å². The summed E-state index contributed by atoms with van der Waals surface area (Å²) in [6, 6.07) is 0. The van der Waals surface area contributed by atoms with E-state index in [0.29, 0.717) is 5.82 Å². The summed E-state index contributed by atoms with van der Waals surface area (Å²) >= 11 is 0. The molecule has 0 aromatic carbocycles. The molecule has 0 bridgehead atoms. The van der Waals surface area contributed by atoms with Gasteiger partial charge in [-0.05, 0) is 6.08 Å². The third kappa shape index (κ3) is 1.64. The van der Waals surface area contributed by atoms with Crippen molar-refractivity contribution in [3.8, 4) is 0 Å². The minimum Gasteiger partial charge on any atom is -0.251 e. The van der Waals surface area contributed by atoms with Crippen molar-refractivity contribution in [1.29, 1.82) is 0 Å². The molecule has 0 radical (unpaired) electrons. The molecular weight excluding hydrogens is 162 g/mol. The first-order valence-electron chi connectivity index (χ1n) is 4.23. The number of allylic oxidation sites excluding steroid dienone is 1. The first-order valence-corrected chi connectivity index (χ1v) is 4.23. The van der Waals surface area contributed by atoms with Crippen molar-refractivity contribution in [2.45, 2.75) is 13.8 Å². The lowest BCUT2D eigenvalue weighted by atomic mass is 9.95. The number of rotatable bonds is 0. The molecule has 0 aliphatic carbocycles. The van der Waals surface area contributed by atoms with Gasteiger partial charge in [0, 0.05) is 24.0 Å². The zero-order valence-corrected chi connectivity index (χ0v) is 7.73. The van der Waals surface area contributed by atoms with Gasteiger partial charge in [-0.2, -0.15) is 0 Å². The summed E-state index contributed by atoms with van der Waals surface area (Å²) in [5.41, 5.74) is 0.826. The molecule has 0 N–H and O–H groups in total. The van der Waals surface area contributed by atoms with Crippen LogP contribution in [-0.2, 0) is 0 Å². The quantitative estimate of drug-likeness (QED) is 0.603. The van der Waals surface area contributed by atoms with Crippen LogP contribution in [0.4, 0.5) is 5.82 Å². The SMILES string of the molecule is CC1(C)C=Cc2nccnc2N=C1. The van der Waals surface area contributed by atoms with Crippen molar-refractivity contribution in [3.05, 3.63) is 24.2 Å². The molecule has 0 saturated carbocycles. The fourth-order valence-corrected chi connectivity index (χ4v) is 1.12. The predicted molar refractivity (Wildman–Crippen MR) is 53.0 cm³/mol. The Hall–Kier alpha value is -1.51. The van der Waals surface area contributed by atoms with Crippen LogP contribution in [0.5, 0.6) is 0 Å². The molecule has 0 saturated heterocycles. The van der Waals surface area contributed by atoms with Gasteiger partial charge in [-0.1, -0.05) is 19.9 Å². The van der Waals surface area contributed by atoms with Crippen molar-refractivity contribution in [1.82, 2.24) is 9.97 Å². The van der Waals surface area contributed by atoms with E-state index in [4.69, 9.17) is 0 Å². The molecule has 1 aromatic rings. The molecule has 0 fully saturated rings. The summed E-state index contributed by atoms with van der Waals surface area (Å²) in [6.07, 6.45) is 9.27. The molecule has 66 valence electrons. The Morgan fingerprint density at radius 2 is 1.92 bits per heavy atom. The van der Waals surface area contributed by atoms with Crippen LogP contribution in [0, 0.1) is 5.41 Å². The average molecular weight is 173 g/mol. The summed E-state index contributed by atoms with van der Waals surface area (Å²) in [5.74, 6) is 0.698. The van der Waals surface area contributed by atoms with Gasteiger partial charge < -0.3 is 0 Å². The molecule has 0 unspecified atom stereocenters. The second kappa shape index (κ2) is 2.76. The van der Waals surface area contributed by atoms with E-state index in [1.165, 1.54) is 0 Å². The molecule has 13 heavy (non-hydrogen) atoms. The fraction of sp³-hybridized carbons (Fsp3) is 0.300. The van der Waals surface area contributed by atoms with Gasteiger partial charge in [0.25, 0.3) is 0 Å². The minimum absolute atomic E-state index is 0.0115. The van der Waals surface area contributed by atoms with Crippen LogP contribution in [0.2, 0.25) is 0 Å². The Morgan fingerprint density at radius 3 is 2.77 bits per heavy atom. The minimum atomic E-state index is -0.0115. The molecule has 0 spiro atoms. The second-order valence-electron chi connectivity index (χ2n) is 3.68. The summed E-state index contributed by atoms with van der Waals surface area (Å²) in [7, 11) is 0. The summed E-state index contributed by atoms with van der Waals surface area (Å²) in [4.78, 5) is 12.6. The largest absolute Gasteiger partial charge is 0.251 e. The van der Waals surface area contributed by atoms with Gasteiger partial charge in [0.15, 0.2) is 5.82 Å². The Bertz CT molecular complexity index is 343. The van der Waals surface area contributed by atoms with Crippen LogP contribution in [0.25, 0.3) is 6.08 Å². The van der Waals surface area contributed by atoms with E-state index in [2.05, 4.69) is 34.9 Å². The van der Waals surface area contributed by atoms with Gasteiger partial charge in [0.1, 0.15) is 5.69 Å². The summed E-state index contributed by atoms with van der Waals surface area (Å²) in [5, 5.41) is 0. The lowest BCUT2D eigenvalue weighted by Crippen LogP contribution is -2.07. The maximum absolute atomic E-state index is 4.28. The van der Waals surface area contributed by atoms with Crippen LogP contribution < -0.4 is 0 Å². The standard InChI is InChI=1S/C10H11N3/c1-10(2)4-3-8-9(13-7-10)12-6-5-11-8/h3-7H,1-2H3. The molecule has 3 nitrogen and oxygen atoms in total. The molecule has 1 aromatic heterocycles. The highest BCUT2D eigenvalue weighted by Gasteiger charge is 2.14. The normalized spacial score (nSPS) is 18.0. The van der Waals surface area contributed by atoms with Crippen LogP contribution >= 0.6 is 0 Å². The molecule has 2 heterocycles. The number of fused-ring (bicyclic) bond motifs is 1. The molecular formula is C10H11N3. The number of aliphatic imine (C=N–C) groups is 1. The average Bonchev–Trinajstić information content (AvgIpc) is 2.27. The first-order chi connectivity index (χ1) is 6.17. The van der Waals surface area contributed by atoms with Crippen molar-refractivity contribution in [2.24, 2.45) is 10.4 Å². The maximum atomic E-state index is 4.28. The van der Waals surface area contributed by atoms with Crippen molar-refractivity contribution in [2.75, 3.05) is 0 Å². The van der Waals surface area contributed by atoms with Crippen LogP contribution in [0.1, 0.15) is 19.5 Å². The van der Waals surface area contributed by atoms with E-state index in [0.717, 1.165) is 5.69 Å². The highest BCUT2D eigenvalue weighted by molar-refractivity contribution is 5.77. The number of aromatic nitrogens is 2. The number of hydrogen-bond donors (Lipinski definition) is 0. The van der Waals surface area contributed by atoms with Crippen LogP contribution in [-0.4, -0.2) is 16.2 Å². The topological polar surface area (TPSA) is 38.1 Å². The second-order valence-corrected chi connectivity index (χ2v) is 3.68. The van der Waals surface area contributed by atoms with E-state index in [1.54, 1.807) is 12.4 Å². The highest BCUT2D eigenvalue weighted by Crippen LogP contribution is 2.24. The maximum Gasteiger partial charge on any atom is 0.177 e. The molecule has 0 amide bonds. The summed E-state index contributed by atoms with van der Waals surface area (Å²) in [6.45, 7) is 4.19. The highest BCUT2D eigenvalue weighted by atomic mass is 14.9. The zero-order valence-electron chi connectivity index (χ0n) is 7.73. The molecule has 3 heteroatoms. The van der Waals surface area contributed by atoms with Crippen molar-refractivity contribution >= 4 is 18.1 Å². The lowest BCUT2D eigenvalue weighted by molar-refractivity contribution is 0.699. The fourth-order valence-electron chi connectivity index (χ4n) is 1.12. The Morgan fingerprint density at radius 1 is 1.15 bits per heavy atom. The summed E-state index contributed by atoms with van der Waals surface area (Å²) < 4.78 is 0. The van der Waals surface area contributed by atoms with Gasteiger partial charge in [0.05, 0.1) is 0 Å². The van der Waals surface area contributed by atoms with E-state index in [1.807, 2.05) is 12.3 Å². The van der Waals surface area contributed by atoms with E-state index >= 15 is 0 Å². The third-order valence-electron chi connectivity index (χ3n) is 1.90. The van der Waals surface area contributed by atoms with E-state index in [9.17, 15) is 0 Å². The predicted octanol–water partition coefficient (Wildman–Crippen LogP) is 2.23. The van der Waals surface area contributed by atoms with Crippen LogP contribution in [0.3, 0.4) is 0 Å². The molecule has 0 atom stereocenters.